The number of anilines is 1. The first kappa shape index (κ1) is 21.4. The second-order valence-corrected chi connectivity index (χ2v) is 7.65. The number of nitrogens with zero attached hydrogens (tertiary/aromatic N) is 3. The number of methoxy groups -OCH3 is 1. The van der Waals surface area contributed by atoms with Crippen molar-refractivity contribution >= 4 is 23.2 Å². The highest BCUT2D eigenvalue weighted by Gasteiger charge is 2.33. The molecule has 0 aliphatic carbocycles. The molecule has 4 rings (SSSR count). The number of carbonyl (C=O) groups is 2. The van der Waals surface area contributed by atoms with Crippen molar-refractivity contribution in [2.45, 2.75) is 19.9 Å². The van der Waals surface area contributed by atoms with Gasteiger partial charge in [-0.1, -0.05) is 0 Å². The van der Waals surface area contributed by atoms with E-state index in [0.29, 0.717) is 41.7 Å². The highest BCUT2D eigenvalue weighted by Crippen LogP contribution is 2.42. The molecule has 1 aromatic heterocycles. The molecule has 0 spiro atoms. The summed E-state index contributed by atoms with van der Waals surface area (Å²) in [5.41, 5.74) is 1.96. The minimum Gasteiger partial charge on any atom is -0.491 e. The molecule has 0 fully saturated rings. The minimum atomic E-state index is -0.221. The van der Waals surface area contributed by atoms with Crippen LogP contribution < -0.4 is 20.1 Å². The van der Waals surface area contributed by atoms with E-state index >= 15 is 0 Å². The van der Waals surface area contributed by atoms with Gasteiger partial charge in [0, 0.05) is 42.2 Å². The van der Waals surface area contributed by atoms with Crippen LogP contribution in [0.1, 0.15) is 29.8 Å². The number of benzene rings is 1. The number of aromatic nitrogens is 1. The Morgan fingerprint density at radius 3 is 2.88 bits per heavy atom. The zero-order valence-electron chi connectivity index (χ0n) is 18.2. The van der Waals surface area contributed by atoms with Crippen LogP contribution in [0.3, 0.4) is 0 Å². The number of hydrogen-bond acceptors (Lipinski definition) is 8. The lowest BCUT2D eigenvalue weighted by molar-refractivity contribution is -0.123. The Bertz CT molecular complexity index is 1100. The molecule has 2 N–H and O–H groups in total. The van der Waals surface area contributed by atoms with Gasteiger partial charge in [-0.05, 0) is 38.1 Å². The third kappa shape index (κ3) is 4.27. The molecule has 9 nitrogen and oxygen atoms in total. The van der Waals surface area contributed by atoms with Crippen molar-refractivity contribution in [3.8, 4) is 11.5 Å². The van der Waals surface area contributed by atoms with Crippen molar-refractivity contribution in [2.75, 3.05) is 32.1 Å². The van der Waals surface area contributed by atoms with Gasteiger partial charge in [0.05, 0.1) is 19.3 Å². The summed E-state index contributed by atoms with van der Waals surface area (Å²) in [6, 6.07) is 7.10. The van der Waals surface area contributed by atoms with E-state index in [9.17, 15) is 9.59 Å². The summed E-state index contributed by atoms with van der Waals surface area (Å²) >= 11 is 0. The number of ketones is 1. The lowest BCUT2D eigenvalue weighted by Gasteiger charge is -2.32. The first-order valence-electron chi connectivity index (χ1n) is 10.4. The van der Waals surface area contributed by atoms with E-state index in [1.165, 1.54) is 19.4 Å². The Labute approximate surface area is 186 Å². The number of rotatable bonds is 7. The van der Waals surface area contributed by atoms with Gasteiger partial charge in [0.25, 0.3) is 5.91 Å². The average Bonchev–Trinajstić information content (AvgIpc) is 3.28. The molecule has 0 atom stereocenters. The van der Waals surface area contributed by atoms with Gasteiger partial charge in [-0.15, -0.1) is 0 Å². The number of amidine groups is 1. The molecule has 0 unspecified atom stereocenters. The second kappa shape index (κ2) is 9.09. The van der Waals surface area contributed by atoms with Crippen molar-refractivity contribution in [1.82, 2.24) is 15.2 Å². The van der Waals surface area contributed by atoms with Gasteiger partial charge in [0.15, 0.2) is 23.9 Å². The van der Waals surface area contributed by atoms with E-state index in [-0.39, 0.29) is 24.3 Å². The predicted octanol–water partition coefficient (Wildman–Crippen LogP) is 2.21. The highest BCUT2D eigenvalue weighted by molar-refractivity contribution is 6.11. The number of amides is 1. The minimum absolute atomic E-state index is 0.0228. The highest BCUT2D eigenvalue weighted by atomic mass is 16.5. The van der Waals surface area contributed by atoms with Crippen LogP contribution >= 0.6 is 0 Å². The molecule has 32 heavy (non-hydrogen) atoms. The van der Waals surface area contributed by atoms with Crippen molar-refractivity contribution in [3.63, 3.8) is 0 Å². The van der Waals surface area contributed by atoms with Crippen molar-refractivity contribution in [1.29, 1.82) is 0 Å². The summed E-state index contributed by atoms with van der Waals surface area (Å²) in [6.07, 6.45) is 4.69. The molecule has 0 saturated carbocycles. The molecule has 0 saturated heterocycles. The molecule has 2 aromatic rings. The van der Waals surface area contributed by atoms with Gasteiger partial charge in [0.2, 0.25) is 0 Å². The predicted molar refractivity (Wildman–Crippen MR) is 120 cm³/mol. The van der Waals surface area contributed by atoms with E-state index in [1.54, 1.807) is 24.4 Å². The molecule has 0 bridgehead atoms. The third-order valence-electron chi connectivity index (χ3n) is 4.97. The number of nitrogens with one attached hydrogen (secondary N) is 2. The Hall–Kier alpha value is -3.88. The second-order valence-electron chi connectivity index (χ2n) is 7.65. The number of carbonyl (C=O) groups excluding carboxylic acids is 2. The normalized spacial score (nSPS) is 15.6. The molecule has 1 aromatic carbocycles. The molecular weight excluding hydrogens is 410 g/mol. The maximum atomic E-state index is 12.8. The molecular formula is C23H25N5O4. The Balaban J connectivity index is 1.66. The lowest BCUT2D eigenvalue weighted by atomic mass is 10.1. The zero-order valence-corrected chi connectivity index (χ0v) is 18.2. The zero-order chi connectivity index (χ0) is 22.7. The van der Waals surface area contributed by atoms with Crippen LogP contribution in [-0.4, -0.2) is 60.3 Å². The molecule has 3 heterocycles. The largest absolute Gasteiger partial charge is 0.491 e. The fourth-order valence-corrected chi connectivity index (χ4v) is 3.64. The molecule has 166 valence electrons. The fraction of sp³-hybridized carbons (Fsp3) is 0.304. The number of allylic oxidation sites excluding steroid dienone is 1. The summed E-state index contributed by atoms with van der Waals surface area (Å²) in [5, 5.41) is 6.10. The monoisotopic (exact) mass is 435 g/mol. The number of fused-ring (bicyclic) bond motifs is 3. The maximum Gasteiger partial charge on any atom is 0.258 e. The number of ether oxygens (including phenoxy) is 2. The van der Waals surface area contributed by atoms with E-state index in [4.69, 9.17) is 9.47 Å². The average molecular weight is 435 g/mol. The van der Waals surface area contributed by atoms with Crippen LogP contribution in [0.4, 0.5) is 5.69 Å². The fourth-order valence-electron chi connectivity index (χ4n) is 3.64. The summed E-state index contributed by atoms with van der Waals surface area (Å²) in [6.45, 7) is 4.91. The van der Waals surface area contributed by atoms with Crippen LogP contribution in [0.25, 0.3) is 0 Å². The van der Waals surface area contributed by atoms with Crippen LogP contribution in [0.2, 0.25) is 0 Å². The number of hydrogen-bond donors (Lipinski definition) is 2. The van der Waals surface area contributed by atoms with Gasteiger partial charge in [-0.2, -0.15) is 0 Å². The van der Waals surface area contributed by atoms with Crippen LogP contribution in [0.5, 0.6) is 11.5 Å². The van der Waals surface area contributed by atoms with Crippen LogP contribution in [-0.2, 0) is 4.79 Å². The molecule has 1 amide bonds. The quantitative estimate of drug-likeness (QED) is 0.507. The van der Waals surface area contributed by atoms with E-state index in [0.717, 1.165) is 11.4 Å². The summed E-state index contributed by atoms with van der Waals surface area (Å²) in [7, 11) is 1.53. The maximum absolute atomic E-state index is 12.8. The lowest BCUT2D eigenvalue weighted by Crippen LogP contribution is -2.37. The van der Waals surface area contributed by atoms with Gasteiger partial charge >= 0.3 is 0 Å². The van der Waals surface area contributed by atoms with Crippen molar-refractivity contribution in [3.05, 3.63) is 59.7 Å². The standard InChI is InChI=1S/C23H25N5O4/c1-14(2)26-20(30)13-32-18-7-6-16-21(22(18)31-3)27-19(28-10-9-25-23(16)28)11-17(29)15-5-4-8-24-12-15/h4-8,11-12,14,27H,9-10,13H2,1-3H3,(H,26,30)/b19-11+. The summed E-state index contributed by atoms with van der Waals surface area (Å²) in [5.74, 6) is 1.81. The first-order chi connectivity index (χ1) is 15.5. The Kier molecular flexibility index (Phi) is 6.07. The number of aliphatic imine (C=N–C) groups is 1. The van der Waals surface area contributed by atoms with E-state index in [2.05, 4.69) is 20.6 Å². The van der Waals surface area contributed by atoms with Crippen LogP contribution in [0.15, 0.2) is 53.5 Å². The Morgan fingerprint density at radius 2 is 2.16 bits per heavy atom. The summed E-state index contributed by atoms with van der Waals surface area (Å²) < 4.78 is 11.4. The summed E-state index contributed by atoms with van der Waals surface area (Å²) in [4.78, 5) is 35.4. The molecule has 2 aliphatic rings. The van der Waals surface area contributed by atoms with Gasteiger partial charge < -0.3 is 25.0 Å². The third-order valence-corrected chi connectivity index (χ3v) is 4.97. The number of pyridine rings is 1. The van der Waals surface area contributed by atoms with E-state index < -0.39 is 0 Å². The van der Waals surface area contributed by atoms with Gasteiger partial charge in [-0.25, -0.2) is 0 Å². The van der Waals surface area contributed by atoms with Crippen molar-refractivity contribution in [2.24, 2.45) is 4.99 Å². The van der Waals surface area contributed by atoms with Crippen molar-refractivity contribution < 1.29 is 19.1 Å². The topological polar surface area (TPSA) is 105 Å². The molecule has 2 aliphatic heterocycles. The Morgan fingerprint density at radius 1 is 1.31 bits per heavy atom. The molecule has 0 radical (unpaired) electrons. The molecule has 9 heteroatoms. The van der Waals surface area contributed by atoms with Crippen LogP contribution in [0, 0.1) is 0 Å². The SMILES string of the molecule is COc1c(OCC(=O)NC(C)C)ccc2c1N/C(=C\C(=O)c1cccnc1)N1CCN=C21. The first-order valence-corrected chi connectivity index (χ1v) is 10.4. The van der Waals surface area contributed by atoms with E-state index in [1.807, 2.05) is 24.8 Å². The van der Waals surface area contributed by atoms with Gasteiger partial charge in [-0.3, -0.25) is 19.6 Å². The van der Waals surface area contributed by atoms with Gasteiger partial charge in [0.1, 0.15) is 11.7 Å². The smallest absolute Gasteiger partial charge is 0.258 e.